The van der Waals surface area contributed by atoms with Crippen LogP contribution in [0.15, 0.2) is 108 Å². The van der Waals surface area contributed by atoms with Crippen molar-refractivity contribution in [2.24, 2.45) is 0 Å². The second-order valence-electron chi connectivity index (χ2n) is 9.37. The number of halogens is 1. The zero-order valence-electron chi connectivity index (χ0n) is 23.3. The highest BCUT2D eigenvalue weighted by molar-refractivity contribution is 8.00. The first kappa shape index (κ1) is 30.4. The molecule has 7 nitrogen and oxygen atoms in total. The van der Waals surface area contributed by atoms with Crippen LogP contribution >= 0.6 is 23.4 Å². The van der Waals surface area contributed by atoms with Crippen LogP contribution in [0, 0.1) is 6.92 Å². The molecule has 0 heterocycles. The fourth-order valence-electron chi connectivity index (χ4n) is 3.86. The summed E-state index contributed by atoms with van der Waals surface area (Å²) in [6.07, 6.45) is 1.63. The first-order valence-electron chi connectivity index (χ1n) is 13.1. The lowest BCUT2D eigenvalue weighted by molar-refractivity contribution is -0.115. The predicted molar refractivity (Wildman–Crippen MR) is 170 cm³/mol. The molecule has 3 N–H and O–H groups in total. The number of ether oxygens (including phenoxy) is 1. The number of hydrogen-bond acceptors (Lipinski definition) is 5. The number of carbonyl (C=O) groups is 3. The third-order valence-electron chi connectivity index (χ3n) is 6.11. The van der Waals surface area contributed by atoms with Gasteiger partial charge in [-0.15, -0.1) is 11.8 Å². The summed E-state index contributed by atoms with van der Waals surface area (Å²) in [5, 5.41) is 8.42. The highest BCUT2D eigenvalue weighted by Gasteiger charge is 2.18. The summed E-state index contributed by atoms with van der Waals surface area (Å²) in [5.74, 6) is -0.564. The summed E-state index contributed by atoms with van der Waals surface area (Å²) in [6, 6.07) is 28.5. The number of aryl methyl sites for hydroxylation is 1. The van der Waals surface area contributed by atoms with Gasteiger partial charge in [0.2, 0.25) is 5.91 Å². The third-order valence-corrected chi connectivity index (χ3v) is 7.50. The van der Waals surface area contributed by atoms with Crippen molar-refractivity contribution in [3.05, 3.63) is 124 Å². The second-order valence-corrected chi connectivity index (χ2v) is 11.2. The molecule has 1 atom stereocenters. The minimum Gasteiger partial charge on any atom is -0.495 e. The molecule has 0 aromatic heterocycles. The molecule has 1 unspecified atom stereocenters. The van der Waals surface area contributed by atoms with Gasteiger partial charge in [0.05, 0.1) is 17.4 Å². The Kier molecular flexibility index (Phi) is 10.4. The predicted octanol–water partition coefficient (Wildman–Crippen LogP) is 7.19. The van der Waals surface area contributed by atoms with E-state index in [1.807, 2.05) is 43.3 Å². The molecule has 0 aliphatic rings. The van der Waals surface area contributed by atoms with Gasteiger partial charge in [-0.3, -0.25) is 14.4 Å². The molecule has 42 heavy (non-hydrogen) atoms. The maximum Gasteiger partial charge on any atom is 0.272 e. The average Bonchev–Trinajstić information content (AvgIpc) is 2.98. The van der Waals surface area contributed by atoms with Gasteiger partial charge in [-0.2, -0.15) is 0 Å². The maximum absolute atomic E-state index is 13.4. The molecule has 9 heteroatoms. The summed E-state index contributed by atoms with van der Waals surface area (Å²) in [7, 11) is 1.52. The monoisotopic (exact) mass is 599 g/mol. The lowest BCUT2D eigenvalue weighted by Crippen LogP contribution is -2.30. The number of amides is 3. The SMILES string of the molecule is COc1ccc(NC(=O)C(C)Sc2cccc(NC(=O)/C(=C/c3ccc(C)cc3)NC(=O)c3ccccc3)c2)cc1Cl. The molecule has 3 amide bonds. The fraction of sp³-hybridized carbons (Fsp3) is 0.121. The Bertz CT molecular complexity index is 1610. The summed E-state index contributed by atoms with van der Waals surface area (Å²) in [6.45, 7) is 3.76. The number of nitrogens with one attached hydrogen (secondary N) is 3. The van der Waals surface area contributed by atoms with Crippen LogP contribution in [0.25, 0.3) is 6.08 Å². The van der Waals surface area contributed by atoms with Crippen molar-refractivity contribution in [2.75, 3.05) is 17.7 Å². The molecule has 0 aliphatic heterocycles. The van der Waals surface area contributed by atoms with E-state index in [0.717, 1.165) is 16.0 Å². The Hall–Kier alpha value is -4.53. The van der Waals surface area contributed by atoms with Crippen LogP contribution in [-0.4, -0.2) is 30.1 Å². The minimum atomic E-state index is -0.482. The molecule has 0 radical (unpaired) electrons. The Morgan fingerprint density at radius 2 is 1.57 bits per heavy atom. The summed E-state index contributed by atoms with van der Waals surface area (Å²) < 4.78 is 5.15. The zero-order valence-corrected chi connectivity index (χ0v) is 24.9. The number of carbonyl (C=O) groups excluding carboxylic acids is 3. The van der Waals surface area contributed by atoms with E-state index in [1.54, 1.807) is 73.7 Å². The minimum absolute atomic E-state index is 0.0941. The van der Waals surface area contributed by atoms with Crippen LogP contribution < -0.4 is 20.7 Å². The molecule has 4 aromatic carbocycles. The number of benzene rings is 4. The Labute approximate surface area is 254 Å². The number of anilines is 2. The molecule has 4 rings (SSSR count). The third kappa shape index (κ3) is 8.49. The van der Waals surface area contributed by atoms with Gasteiger partial charge in [-0.1, -0.05) is 65.7 Å². The quantitative estimate of drug-likeness (QED) is 0.132. The van der Waals surface area contributed by atoms with Gasteiger partial charge < -0.3 is 20.7 Å². The van der Waals surface area contributed by atoms with E-state index in [-0.39, 0.29) is 11.6 Å². The van der Waals surface area contributed by atoms with Gasteiger partial charge in [-0.25, -0.2) is 0 Å². The smallest absolute Gasteiger partial charge is 0.272 e. The van der Waals surface area contributed by atoms with Crippen LogP contribution in [0.1, 0.15) is 28.4 Å². The van der Waals surface area contributed by atoms with Gasteiger partial charge in [0.25, 0.3) is 11.8 Å². The molecule has 0 fully saturated rings. The standard InChI is InChI=1S/C33H30ClN3O4S/c1-21-12-14-23(15-13-21)18-29(37-32(39)24-8-5-4-6-9-24)33(40)36-25-10-7-11-27(19-25)42-22(2)31(38)35-26-16-17-30(41-3)28(34)20-26/h4-20,22H,1-3H3,(H,35,38)(H,36,40)(H,37,39)/b29-18-. The van der Waals surface area contributed by atoms with Crippen molar-refractivity contribution in [1.82, 2.24) is 5.32 Å². The van der Waals surface area contributed by atoms with E-state index in [9.17, 15) is 14.4 Å². The molecule has 0 spiro atoms. The van der Waals surface area contributed by atoms with Crippen molar-refractivity contribution >= 4 is 58.5 Å². The van der Waals surface area contributed by atoms with E-state index in [0.29, 0.717) is 27.7 Å². The highest BCUT2D eigenvalue weighted by atomic mass is 35.5. The Morgan fingerprint density at radius 3 is 2.26 bits per heavy atom. The molecule has 0 saturated carbocycles. The van der Waals surface area contributed by atoms with Crippen LogP contribution in [0.4, 0.5) is 11.4 Å². The molecule has 4 aromatic rings. The molecule has 0 saturated heterocycles. The number of hydrogen-bond donors (Lipinski definition) is 3. The molecule has 0 bridgehead atoms. The van der Waals surface area contributed by atoms with E-state index in [2.05, 4.69) is 16.0 Å². The van der Waals surface area contributed by atoms with Crippen LogP contribution in [0.5, 0.6) is 5.75 Å². The molecule has 214 valence electrons. The van der Waals surface area contributed by atoms with Crippen LogP contribution in [0.3, 0.4) is 0 Å². The highest BCUT2D eigenvalue weighted by Crippen LogP contribution is 2.29. The second kappa shape index (κ2) is 14.4. The van der Waals surface area contributed by atoms with E-state index in [1.165, 1.54) is 18.9 Å². The van der Waals surface area contributed by atoms with Crippen molar-refractivity contribution in [3.63, 3.8) is 0 Å². The Balaban J connectivity index is 1.46. The summed E-state index contributed by atoms with van der Waals surface area (Å²) in [4.78, 5) is 39.9. The first-order valence-corrected chi connectivity index (χ1v) is 14.3. The van der Waals surface area contributed by atoms with Crippen molar-refractivity contribution in [2.45, 2.75) is 24.0 Å². The van der Waals surface area contributed by atoms with E-state index in [4.69, 9.17) is 16.3 Å². The van der Waals surface area contributed by atoms with Crippen molar-refractivity contribution in [3.8, 4) is 5.75 Å². The topological polar surface area (TPSA) is 96.5 Å². The Morgan fingerprint density at radius 1 is 0.857 bits per heavy atom. The first-order chi connectivity index (χ1) is 20.2. The van der Waals surface area contributed by atoms with Gasteiger partial charge in [-0.05, 0) is 74.0 Å². The lowest BCUT2D eigenvalue weighted by atomic mass is 10.1. The van der Waals surface area contributed by atoms with Gasteiger partial charge in [0.1, 0.15) is 11.4 Å². The zero-order chi connectivity index (χ0) is 30.1. The van der Waals surface area contributed by atoms with Gasteiger partial charge in [0.15, 0.2) is 0 Å². The molecule has 0 aliphatic carbocycles. The number of methoxy groups -OCH3 is 1. The van der Waals surface area contributed by atoms with Crippen molar-refractivity contribution < 1.29 is 19.1 Å². The summed E-state index contributed by atoms with van der Waals surface area (Å²) >= 11 is 7.51. The van der Waals surface area contributed by atoms with Crippen molar-refractivity contribution in [1.29, 1.82) is 0 Å². The number of rotatable bonds is 10. The lowest BCUT2D eigenvalue weighted by Gasteiger charge is -2.14. The van der Waals surface area contributed by atoms with Gasteiger partial charge >= 0.3 is 0 Å². The number of thioether (sulfide) groups is 1. The molecular weight excluding hydrogens is 570 g/mol. The maximum atomic E-state index is 13.4. The van der Waals surface area contributed by atoms with Gasteiger partial charge in [0, 0.05) is 21.8 Å². The van der Waals surface area contributed by atoms with Crippen LogP contribution in [0.2, 0.25) is 5.02 Å². The summed E-state index contributed by atoms with van der Waals surface area (Å²) in [5.41, 5.74) is 3.45. The van der Waals surface area contributed by atoms with E-state index >= 15 is 0 Å². The largest absolute Gasteiger partial charge is 0.495 e. The van der Waals surface area contributed by atoms with E-state index < -0.39 is 17.1 Å². The average molecular weight is 600 g/mol. The fourth-order valence-corrected chi connectivity index (χ4v) is 5.05. The normalized spacial score (nSPS) is 11.8. The molecular formula is C33H30ClN3O4S. The van der Waals surface area contributed by atoms with Crippen LogP contribution in [-0.2, 0) is 9.59 Å².